The minimum Gasteiger partial charge on any atom is -0.323 e. The average Bonchev–Trinajstić information content (AvgIpc) is 2.30. The molecule has 1 atom stereocenters. The smallest absolute Gasteiger partial charge is 0.272 e. The average molecular weight is 319 g/mol. The summed E-state index contributed by atoms with van der Waals surface area (Å²) in [5, 5.41) is 12.8. The van der Waals surface area contributed by atoms with Crippen LogP contribution >= 0.6 is 15.9 Å². The molecule has 7 heteroatoms. The van der Waals surface area contributed by atoms with Crippen LogP contribution in [0.2, 0.25) is 0 Å². The number of hydrogen-bond acceptors (Lipinski definition) is 3. The molecule has 0 aliphatic heterocycles. The number of carbonyl (C=O) groups excluding carboxylic acids is 1. The first kappa shape index (κ1) is 14.6. The second-order valence-electron chi connectivity index (χ2n) is 4.06. The lowest BCUT2D eigenvalue weighted by Crippen LogP contribution is -2.27. The third-order valence-electron chi connectivity index (χ3n) is 2.26. The number of nitrogens with one attached hydrogen (secondary N) is 1. The number of hydrogen-bond donors (Lipinski definition) is 1. The quantitative estimate of drug-likeness (QED) is 0.526. The van der Waals surface area contributed by atoms with E-state index in [1.165, 1.54) is 6.07 Å². The zero-order chi connectivity index (χ0) is 13.9. The molecular formula is C11H12BrFN2O3. The fourth-order valence-corrected chi connectivity index (χ4v) is 1.34. The molecule has 0 heterocycles. The van der Waals surface area contributed by atoms with Gasteiger partial charge in [-0.05, 0) is 12.0 Å². The van der Waals surface area contributed by atoms with Crippen LogP contribution in [0.5, 0.6) is 0 Å². The number of non-ortho nitro benzene ring substituents is 1. The van der Waals surface area contributed by atoms with E-state index >= 15 is 0 Å². The van der Waals surface area contributed by atoms with Crippen LogP contribution in [0, 0.1) is 21.8 Å². The lowest BCUT2D eigenvalue weighted by Gasteiger charge is -2.14. The molecule has 0 fully saturated rings. The molecule has 1 rings (SSSR count). The molecule has 0 radical (unpaired) electrons. The van der Waals surface area contributed by atoms with E-state index in [0.29, 0.717) is 0 Å². The first-order valence-corrected chi connectivity index (χ1v) is 6.13. The Balaban J connectivity index is 2.86. The summed E-state index contributed by atoms with van der Waals surface area (Å²) in [5.41, 5.74) is -0.430. The number of rotatable bonds is 4. The molecule has 0 saturated heterocycles. The molecule has 1 unspecified atom stereocenters. The number of alkyl halides is 1. The van der Waals surface area contributed by atoms with Crippen LogP contribution in [0.3, 0.4) is 0 Å². The Morgan fingerprint density at radius 3 is 2.56 bits per heavy atom. The van der Waals surface area contributed by atoms with Crippen LogP contribution in [0.1, 0.15) is 13.8 Å². The highest BCUT2D eigenvalue weighted by atomic mass is 79.9. The predicted molar refractivity (Wildman–Crippen MR) is 69.2 cm³/mol. The molecule has 0 aliphatic rings. The van der Waals surface area contributed by atoms with Crippen molar-refractivity contribution in [2.45, 2.75) is 18.7 Å². The molecule has 1 aromatic carbocycles. The van der Waals surface area contributed by atoms with Gasteiger partial charge in [0, 0.05) is 6.07 Å². The maximum absolute atomic E-state index is 13.5. The molecule has 0 bridgehead atoms. The van der Waals surface area contributed by atoms with E-state index in [1.807, 2.05) is 13.8 Å². The van der Waals surface area contributed by atoms with Gasteiger partial charge in [-0.15, -0.1) is 0 Å². The normalized spacial score (nSPS) is 12.3. The van der Waals surface area contributed by atoms with Crippen LogP contribution in [0.4, 0.5) is 15.8 Å². The molecule has 18 heavy (non-hydrogen) atoms. The van der Waals surface area contributed by atoms with E-state index in [0.717, 1.165) is 12.1 Å². The highest BCUT2D eigenvalue weighted by Crippen LogP contribution is 2.22. The number of nitrogens with zero attached hydrogens (tertiary/aromatic N) is 1. The zero-order valence-corrected chi connectivity index (χ0v) is 11.4. The highest BCUT2D eigenvalue weighted by molar-refractivity contribution is 9.10. The Labute approximate surface area is 112 Å². The van der Waals surface area contributed by atoms with Crippen molar-refractivity contribution in [3.05, 3.63) is 34.1 Å². The Morgan fingerprint density at radius 1 is 1.50 bits per heavy atom. The number of nitro benzene ring substituents is 1. The number of amides is 1. The summed E-state index contributed by atoms with van der Waals surface area (Å²) in [6.45, 7) is 3.68. The van der Waals surface area contributed by atoms with Crippen molar-refractivity contribution in [1.82, 2.24) is 0 Å². The van der Waals surface area contributed by atoms with Gasteiger partial charge in [0.05, 0.1) is 21.5 Å². The van der Waals surface area contributed by atoms with Crippen molar-refractivity contribution in [2.75, 3.05) is 5.32 Å². The van der Waals surface area contributed by atoms with Gasteiger partial charge in [-0.1, -0.05) is 29.8 Å². The van der Waals surface area contributed by atoms with Gasteiger partial charge >= 0.3 is 0 Å². The Bertz CT molecular complexity index is 479. The first-order valence-electron chi connectivity index (χ1n) is 5.21. The Morgan fingerprint density at radius 2 is 2.11 bits per heavy atom. The molecule has 98 valence electrons. The molecular weight excluding hydrogens is 307 g/mol. The fourth-order valence-electron chi connectivity index (χ4n) is 1.22. The second kappa shape index (κ2) is 5.90. The molecule has 1 aromatic rings. The summed E-state index contributed by atoms with van der Waals surface area (Å²) in [4.78, 5) is 20.9. The minimum absolute atomic E-state index is 0.0473. The topological polar surface area (TPSA) is 72.2 Å². The Hall–Kier alpha value is -1.50. The van der Waals surface area contributed by atoms with Gasteiger partial charge in [-0.3, -0.25) is 14.9 Å². The molecule has 0 aliphatic carbocycles. The van der Waals surface area contributed by atoms with Crippen LogP contribution in [0.25, 0.3) is 0 Å². The largest absolute Gasteiger partial charge is 0.323 e. The second-order valence-corrected chi connectivity index (χ2v) is 5.04. The molecule has 5 nitrogen and oxygen atoms in total. The summed E-state index contributed by atoms with van der Waals surface area (Å²) < 4.78 is 13.5. The van der Waals surface area contributed by atoms with Gasteiger partial charge in [0.1, 0.15) is 0 Å². The molecule has 0 saturated carbocycles. The molecule has 1 amide bonds. The standard InChI is InChI=1S/C11H12BrFN2O3/c1-6(2)10(12)11(16)14-9-4-3-7(15(17)18)5-8(9)13/h3-6,10H,1-2H3,(H,14,16). The van der Waals surface area contributed by atoms with Gasteiger partial charge in [0.15, 0.2) is 5.82 Å². The summed E-state index contributed by atoms with van der Waals surface area (Å²) in [6.07, 6.45) is 0. The highest BCUT2D eigenvalue weighted by Gasteiger charge is 2.20. The Kier molecular flexibility index (Phi) is 4.77. The SMILES string of the molecule is CC(C)C(Br)C(=O)Nc1ccc([N+](=O)[O-])cc1F. The van der Waals surface area contributed by atoms with Crippen LogP contribution in [0.15, 0.2) is 18.2 Å². The zero-order valence-electron chi connectivity index (χ0n) is 9.81. The summed E-state index contributed by atoms with van der Waals surface area (Å²) >= 11 is 3.18. The summed E-state index contributed by atoms with van der Waals surface area (Å²) in [6, 6.07) is 3.08. The number of anilines is 1. The van der Waals surface area contributed by atoms with E-state index in [4.69, 9.17) is 0 Å². The lowest BCUT2D eigenvalue weighted by molar-refractivity contribution is -0.385. The molecule has 0 spiro atoms. The number of benzene rings is 1. The number of carbonyl (C=O) groups is 1. The van der Waals surface area contributed by atoms with E-state index in [1.54, 1.807) is 0 Å². The lowest BCUT2D eigenvalue weighted by atomic mass is 10.1. The molecule has 0 aromatic heterocycles. The van der Waals surface area contributed by atoms with E-state index in [9.17, 15) is 19.3 Å². The van der Waals surface area contributed by atoms with Crippen molar-refractivity contribution < 1.29 is 14.1 Å². The minimum atomic E-state index is -0.832. The predicted octanol–water partition coefficient (Wildman–Crippen LogP) is 3.09. The van der Waals surface area contributed by atoms with E-state index in [2.05, 4.69) is 21.2 Å². The van der Waals surface area contributed by atoms with Gasteiger partial charge in [0.2, 0.25) is 5.91 Å². The van der Waals surface area contributed by atoms with Gasteiger partial charge in [-0.25, -0.2) is 4.39 Å². The van der Waals surface area contributed by atoms with Crippen molar-refractivity contribution >= 4 is 33.2 Å². The fraction of sp³-hybridized carbons (Fsp3) is 0.364. The summed E-state index contributed by atoms with van der Waals surface area (Å²) in [7, 11) is 0. The van der Waals surface area contributed by atoms with Crippen molar-refractivity contribution in [2.24, 2.45) is 5.92 Å². The van der Waals surface area contributed by atoms with Gasteiger partial charge in [0.25, 0.3) is 5.69 Å². The van der Waals surface area contributed by atoms with E-state index < -0.39 is 21.5 Å². The maximum Gasteiger partial charge on any atom is 0.272 e. The van der Waals surface area contributed by atoms with Crippen LogP contribution in [-0.4, -0.2) is 15.7 Å². The maximum atomic E-state index is 13.5. The van der Waals surface area contributed by atoms with Crippen molar-refractivity contribution in [1.29, 1.82) is 0 Å². The third kappa shape index (κ3) is 3.49. The van der Waals surface area contributed by atoms with Gasteiger partial charge < -0.3 is 5.32 Å². The van der Waals surface area contributed by atoms with Crippen LogP contribution in [-0.2, 0) is 4.79 Å². The summed E-state index contributed by atoms with van der Waals surface area (Å²) in [5.74, 6) is -1.18. The van der Waals surface area contributed by atoms with E-state index in [-0.39, 0.29) is 17.3 Å². The third-order valence-corrected chi connectivity index (χ3v) is 3.73. The molecule has 1 N–H and O–H groups in total. The number of nitro groups is 1. The monoisotopic (exact) mass is 318 g/mol. The van der Waals surface area contributed by atoms with Gasteiger partial charge in [-0.2, -0.15) is 0 Å². The first-order chi connectivity index (χ1) is 8.32. The number of halogens is 2. The van der Waals surface area contributed by atoms with Crippen LogP contribution < -0.4 is 5.32 Å². The van der Waals surface area contributed by atoms with Crippen molar-refractivity contribution in [3.63, 3.8) is 0 Å². The van der Waals surface area contributed by atoms with Crippen molar-refractivity contribution in [3.8, 4) is 0 Å².